The molecular weight excluding hydrogens is 179 g/mol. The first kappa shape index (κ1) is 10.2. The molecule has 3 fully saturated rings. The van der Waals surface area contributed by atoms with Gasteiger partial charge in [-0.15, -0.1) is 0 Å². The van der Waals surface area contributed by atoms with E-state index in [0.29, 0.717) is 5.41 Å². The third-order valence-electron chi connectivity index (χ3n) is 6.28. The molecule has 15 heavy (non-hydrogen) atoms. The summed E-state index contributed by atoms with van der Waals surface area (Å²) in [6, 6.07) is 0. The molecule has 5 unspecified atom stereocenters. The van der Waals surface area contributed by atoms with Gasteiger partial charge in [0.2, 0.25) is 0 Å². The van der Waals surface area contributed by atoms with E-state index in [4.69, 9.17) is 7.85 Å². The van der Waals surface area contributed by atoms with Crippen LogP contribution in [0.25, 0.3) is 0 Å². The fourth-order valence-electron chi connectivity index (χ4n) is 5.18. The highest BCUT2D eigenvalue weighted by Gasteiger charge is 2.61. The van der Waals surface area contributed by atoms with Crippen molar-refractivity contribution in [1.82, 2.24) is 0 Å². The van der Waals surface area contributed by atoms with Crippen molar-refractivity contribution < 1.29 is 0 Å². The Bertz CT molecular complexity index is 278. The summed E-state index contributed by atoms with van der Waals surface area (Å²) < 4.78 is 0. The average Bonchev–Trinajstić information content (AvgIpc) is 2.68. The van der Waals surface area contributed by atoms with Crippen molar-refractivity contribution in [2.45, 2.75) is 58.2 Å². The summed E-state index contributed by atoms with van der Waals surface area (Å²) >= 11 is 0. The van der Waals surface area contributed by atoms with Crippen LogP contribution in [0.5, 0.6) is 0 Å². The van der Waals surface area contributed by atoms with Crippen LogP contribution in [0.3, 0.4) is 0 Å². The van der Waals surface area contributed by atoms with Crippen LogP contribution >= 0.6 is 0 Å². The molecule has 3 saturated carbocycles. The average molecular weight is 202 g/mol. The predicted octanol–water partition coefficient (Wildman–Crippen LogP) is 3.82. The van der Waals surface area contributed by atoms with Crippen LogP contribution in [-0.4, -0.2) is 7.85 Å². The van der Waals surface area contributed by atoms with Crippen molar-refractivity contribution >= 4 is 7.85 Å². The Balaban J connectivity index is 1.92. The van der Waals surface area contributed by atoms with E-state index in [-0.39, 0.29) is 5.31 Å². The SMILES string of the molecule is [B]C(C)(C)C1(C)CC2CC1C1CCCC21. The summed E-state index contributed by atoms with van der Waals surface area (Å²) in [5.41, 5.74) is 0.420. The quantitative estimate of drug-likeness (QED) is 0.567. The smallest absolute Gasteiger partial charge is 0.0674 e. The van der Waals surface area contributed by atoms with E-state index in [9.17, 15) is 0 Å². The van der Waals surface area contributed by atoms with Gasteiger partial charge >= 0.3 is 0 Å². The maximum absolute atomic E-state index is 6.44. The van der Waals surface area contributed by atoms with Gasteiger partial charge in [0.25, 0.3) is 0 Å². The summed E-state index contributed by atoms with van der Waals surface area (Å²) in [5, 5.41) is 0.0139. The van der Waals surface area contributed by atoms with Gasteiger partial charge in [-0.3, -0.25) is 0 Å². The zero-order chi connectivity index (χ0) is 10.8. The summed E-state index contributed by atoms with van der Waals surface area (Å²) in [5.74, 6) is 4.09. The molecule has 2 bridgehead atoms. The van der Waals surface area contributed by atoms with Gasteiger partial charge < -0.3 is 0 Å². The van der Waals surface area contributed by atoms with Crippen molar-refractivity contribution in [3.8, 4) is 0 Å². The highest BCUT2D eigenvalue weighted by atomic mass is 14.7. The van der Waals surface area contributed by atoms with Crippen molar-refractivity contribution in [3.05, 3.63) is 0 Å². The number of hydrogen-bond donors (Lipinski definition) is 0. The normalized spacial score (nSPS) is 53.5. The van der Waals surface area contributed by atoms with Crippen LogP contribution in [0.1, 0.15) is 52.9 Å². The monoisotopic (exact) mass is 202 g/mol. The van der Waals surface area contributed by atoms with E-state index in [1.807, 2.05) is 0 Å². The first-order chi connectivity index (χ1) is 6.93. The van der Waals surface area contributed by atoms with E-state index in [1.54, 1.807) is 0 Å². The number of rotatable bonds is 1. The Labute approximate surface area is 95.6 Å². The van der Waals surface area contributed by atoms with E-state index in [1.165, 1.54) is 32.1 Å². The second-order valence-corrected chi connectivity index (χ2v) is 7.20. The van der Waals surface area contributed by atoms with Crippen LogP contribution < -0.4 is 0 Å². The molecule has 0 nitrogen and oxygen atoms in total. The molecule has 0 aliphatic heterocycles. The zero-order valence-corrected chi connectivity index (χ0v) is 10.4. The summed E-state index contributed by atoms with van der Waals surface area (Å²) in [6.07, 6.45) is 7.41. The molecule has 3 aliphatic carbocycles. The minimum atomic E-state index is 0.0139. The molecule has 0 aromatic rings. The summed E-state index contributed by atoms with van der Waals surface area (Å²) in [6.45, 7) is 6.96. The van der Waals surface area contributed by atoms with Crippen LogP contribution in [0.4, 0.5) is 0 Å². The van der Waals surface area contributed by atoms with Crippen molar-refractivity contribution in [2.24, 2.45) is 29.1 Å². The molecule has 5 atom stereocenters. The van der Waals surface area contributed by atoms with E-state index in [2.05, 4.69) is 20.8 Å². The molecule has 0 saturated heterocycles. The van der Waals surface area contributed by atoms with Gasteiger partial charge in [0.1, 0.15) is 0 Å². The topological polar surface area (TPSA) is 0 Å². The van der Waals surface area contributed by atoms with Gasteiger partial charge in [0.05, 0.1) is 7.85 Å². The van der Waals surface area contributed by atoms with E-state index < -0.39 is 0 Å². The largest absolute Gasteiger partial charge is 0.0746 e. The minimum Gasteiger partial charge on any atom is -0.0674 e. The highest BCUT2D eigenvalue weighted by molar-refractivity contribution is 6.15. The van der Waals surface area contributed by atoms with Crippen LogP contribution in [0.15, 0.2) is 0 Å². The first-order valence-corrected chi connectivity index (χ1v) is 6.72. The summed E-state index contributed by atoms with van der Waals surface area (Å²) in [4.78, 5) is 0. The van der Waals surface area contributed by atoms with Crippen molar-refractivity contribution in [3.63, 3.8) is 0 Å². The highest BCUT2D eigenvalue weighted by Crippen LogP contribution is 2.71. The van der Waals surface area contributed by atoms with Gasteiger partial charge in [-0.1, -0.05) is 32.5 Å². The lowest BCUT2D eigenvalue weighted by Gasteiger charge is -2.49. The Morgan fingerprint density at radius 3 is 2.53 bits per heavy atom. The fraction of sp³-hybridized carbons (Fsp3) is 1.00. The summed E-state index contributed by atoms with van der Waals surface area (Å²) in [7, 11) is 6.44. The van der Waals surface area contributed by atoms with Crippen molar-refractivity contribution in [1.29, 1.82) is 0 Å². The molecule has 82 valence electrons. The Kier molecular flexibility index (Phi) is 1.94. The molecular formula is C14H23B. The standard InChI is InChI=1S/C14H23B/c1-13(2,15)14(3)8-9-7-12(14)11-6-4-5-10(9)11/h9-12H,4-8H2,1-3H3. The van der Waals surface area contributed by atoms with Gasteiger partial charge in [0, 0.05) is 0 Å². The lowest BCUT2D eigenvalue weighted by atomic mass is 9.48. The maximum atomic E-state index is 6.44. The van der Waals surface area contributed by atoms with Crippen LogP contribution in [0, 0.1) is 29.1 Å². The molecule has 0 spiro atoms. The third-order valence-corrected chi connectivity index (χ3v) is 6.28. The Morgan fingerprint density at radius 2 is 1.87 bits per heavy atom. The van der Waals surface area contributed by atoms with Crippen LogP contribution in [0.2, 0.25) is 5.31 Å². The Morgan fingerprint density at radius 1 is 1.20 bits per heavy atom. The van der Waals surface area contributed by atoms with Crippen LogP contribution in [-0.2, 0) is 0 Å². The molecule has 3 rings (SSSR count). The maximum Gasteiger partial charge on any atom is 0.0746 e. The van der Waals surface area contributed by atoms with Gasteiger partial charge in [-0.05, 0) is 54.8 Å². The zero-order valence-electron chi connectivity index (χ0n) is 10.4. The molecule has 0 N–H and O–H groups in total. The molecule has 2 radical (unpaired) electrons. The number of hydrogen-bond acceptors (Lipinski definition) is 0. The first-order valence-electron chi connectivity index (χ1n) is 6.72. The Hall–Kier alpha value is 0.0649. The molecule has 3 aliphatic rings. The predicted molar refractivity (Wildman–Crippen MR) is 64.9 cm³/mol. The van der Waals surface area contributed by atoms with Gasteiger partial charge in [0.15, 0.2) is 0 Å². The molecule has 0 heterocycles. The molecule has 1 heteroatoms. The second kappa shape index (κ2) is 2.84. The van der Waals surface area contributed by atoms with E-state index in [0.717, 1.165) is 23.7 Å². The fourth-order valence-corrected chi connectivity index (χ4v) is 5.18. The second-order valence-electron chi connectivity index (χ2n) is 7.20. The molecule has 0 aromatic heterocycles. The third kappa shape index (κ3) is 1.16. The molecule has 0 amide bonds. The molecule has 0 aromatic carbocycles. The lowest BCUT2D eigenvalue weighted by molar-refractivity contribution is 0.0632. The number of fused-ring (bicyclic) bond motifs is 5. The minimum absolute atomic E-state index is 0.0139. The van der Waals surface area contributed by atoms with Gasteiger partial charge in [-0.25, -0.2) is 0 Å². The lowest BCUT2D eigenvalue weighted by Crippen LogP contribution is -2.40. The van der Waals surface area contributed by atoms with Gasteiger partial charge in [-0.2, -0.15) is 0 Å². The van der Waals surface area contributed by atoms with E-state index >= 15 is 0 Å². The van der Waals surface area contributed by atoms with Crippen molar-refractivity contribution in [2.75, 3.05) is 0 Å².